The van der Waals surface area contributed by atoms with E-state index in [4.69, 9.17) is 9.15 Å². The Bertz CT molecular complexity index is 768. The Morgan fingerprint density at radius 3 is 2.43 bits per heavy atom. The fraction of sp³-hybridized carbons (Fsp3) is 0.158. The van der Waals surface area contributed by atoms with Gasteiger partial charge in [0.15, 0.2) is 5.60 Å². The number of ether oxygens (including phenoxy) is 1. The van der Waals surface area contributed by atoms with E-state index in [2.05, 4.69) is 30.8 Å². The topological polar surface area (TPSA) is 22.4 Å². The van der Waals surface area contributed by atoms with Crippen LogP contribution in [0.5, 0.6) is 0 Å². The number of hydrogen-bond donors (Lipinski definition) is 0. The zero-order chi connectivity index (χ0) is 14.3. The molecule has 2 aromatic carbocycles. The quantitative estimate of drug-likeness (QED) is 0.635. The Hall–Kier alpha value is -2.32. The highest BCUT2D eigenvalue weighted by atomic mass is 16.5. The van der Waals surface area contributed by atoms with Gasteiger partial charge in [0.2, 0.25) is 0 Å². The summed E-state index contributed by atoms with van der Waals surface area (Å²) in [6.07, 6.45) is 0.761. The zero-order valence-electron chi connectivity index (χ0n) is 11.7. The molecule has 4 rings (SSSR count). The van der Waals surface area contributed by atoms with Gasteiger partial charge < -0.3 is 9.15 Å². The highest BCUT2D eigenvalue weighted by Gasteiger charge is 2.43. The molecule has 0 N–H and O–H groups in total. The molecule has 0 spiro atoms. The lowest BCUT2D eigenvalue weighted by Crippen LogP contribution is -2.25. The average Bonchev–Trinajstić information content (AvgIpc) is 3.12. The van der Waals surface area contributed by atoms with Crippen LogP contribution in [0, 0.1) is 0 Å². The van der Waals surface area contributed by atoms with Crippen LogP contribution in [-0.4, -0.2) is 6.61 Å². The van der Waals surface area contributed by atoms with Gasteiger partial charge in [0.05, 0.1) is 6.61 Å². The Morgan fingerprint density at radius 1 is 0.952 bits per heavy atom. The van der Waals surface area contributed by atoms with E-state index < -0.39 is 5.60 Å². The Labute approximate surface area is 123 Å². The first-order valence-electron chi connectivity index (χ1n) is 7.13. The van der Waals surface area contributed by atoms with Crippen LogP contribution in [0.4, 0.5) is 0 Å². The summed E-state index contributed by atoms with van der Waals surface area (Å²) >= 11 is 0. The summed E-state index contributed by atoms with van der Waals surface area (Å²) in [6, 6.07) is 20.4. The van der Waals surface area contributed by atoms with E-state index in [-0.39, 0.29) is 0 Å². The van der Waals surface area contributed by atoms with Gasteiger partial charge in [-0.25, -0.2) is 0 Å². The van der Waals surface area contributed by atoms with Crippen molar-refractivity contribution in [2.45, 2.75) is 12.0 Å². The molecule has 2 nitrogen and oxygen atoms in total. The molecule has 104 valence electrons. The van der Waals surface area contributed by atoms with Crippen LogP contribution in [0.1, 0.15) is 17.7 Å². The van der Waals surface area contributed by atoms with Crippen molar-refractivity contribution in [3.8, 4) is 0 Å². The third-order valence-electron chi connectivity index (χ3n) is 4.09. The maximum absolute atomic E-state index is 6.16. The third-order valence-corrected chi connectivity index (χ3v) is 4.09. The predicted molar refractivity (Wildman–Crippen MR) is 83.1 cm³/mol. The lowest BCUT2D eigenvalue weighted by Gasteiger charge is -2.26. The molecule has 0 amide bonds. The number of hydrogen-bond acceptors (Lipinski definition) is 2. The van der Waals surface area contributed by atoms with E-state index in [1.807, 2.05) is 36.4 Å². The summed E-state index contributed by atoms with van der Waals surface area (Å²) in [4.78, 5) is 0. The maximum atomic E-state index is 6.16. The lowest BCUT2D eigenvalue weighted by atomic mass is 9.87. The van der Waals surface area contributed by atoms with Crippen LogP contribution >= 0.6 is 0 Å². The highest BCUT2D eigenvalue weighted by molar-refractivity contribution is 5.78. The first kappa shape index (κ1) is 12.4. The predicted octanol–water partition coefficient (Wildman–Crippen LogP) is 4.65. The zero-order valence-corrected chi connectivity index (χ0v) is 11.7. The number of benzene rings is 2. The monoisotopic (exact) mass is 276 g/mol. The van der Waals surface area contributed by atoms with E-state index >= 15 is 0 Å². The Balaban J connectivity index is 1.92. The highest BCUT2D eigenvalue weighted by Crippen LogP contribution is 2.45. The van der Waals surface area contributed by atoms with Crippen molar-refractivity contribution in [2.24, 2.45) is 0 Å². The van der Waals surface area contributed by atoms with Gasteiger partial charge in [-0.3, -0.25) is 0 Å². The molecule has 0 bridgehead atoms. The van der Waals surface area contributed by atoms with E-state index in [0.29, 0.717) is 6.61 Å². The van der Waals surface area contributed by atoms with Gasteiger partial charge in [-0.15, -0.1) is 0 Å². The van der Waals surface area contributed by atoms with Gasteiger partial charge in [-0.2, -0.15) is 0 Å². The molecule has 1 fully saturated rings. The average molecular weight is 276 g/mol. The minimum absolute atomic E-state index is 0.544. The fourth-order valence-corrected chi connectivity index (χ4v) is 3.05. The fourth-order valence-electron chi connectivity index (χ4n) is 3.05. The van der Waals surface area contributed by atoms with Crippen molar-refractivity contribution >= 4 is 11.0 Å². The van der Waals surface area contributed by atoms with Crippen LogP contribution in [0.15, 0.2) is 77.2 Å². The smallest absolute Gasteiger partial charge is 0.155 e. The van der Waals surface area contributed by atoms with Crippen molar-refractivity contribution in [3.63, 3.8) is 0 Å². The number of fused-ring (bicyclic) bond motifs is 1. The molecule has 21 heavy (non-hydrogen) atoms. The van der Waals surface area contributed by atoms with Gasteiger partial charge in [-0.1, -0.05) is 55.1 Å². The normalized spacial score (nSPS) is 22.0. The van der Waals surface area contributed by atoms with Gasteiger partial charge >= 0.3 is 0 Å². The molecule has 0 radical (unpaired) electrons. The molecular weight excluding hydrogens is 260 g/mol. The van der Waals surface area contributed by atoms with Crippen molar-refractivity contribution in [2.75, 3.05) is 6.61 Å². The molecule has 0 aliphatic carbocycles. The second kappa shape index (κ2) is 4.61. The molecule has 0 saturated carbocycles. The van der Waals surface area contributed by atoms with E-state index in [1.165, 1.54) is 0 Å². The van der Waals surface area contributed by atoms with E-state index in [1.54, 1.807) is 0 Å². The largest absolute Gasteiger partial charge is 0.458 e. The van der Waals surface area contributed by atoms with Crippen molar-refractivity contribution in [1.82, 2.24) is 0 Å². The Kier molecular flexibility index (Phi) is 2.72. The summed E-state index contributed by atoms with van der Waals surface area (Å²) in [5.74, 6) is 0.855. The summed E-state index contributed by atoms with van der Waals surface area (Å²) in [6.45, 7) is 4.66. The molecule has 1 unspecified atom stereocenters. The van der Waals surface area contributed by atoms with E-state index in [9.17, 15) is 0 Å². The second-order valence-electron chi connectivity index (χ2n) is 5.56. The SMILES string of the molecule is C=C1COC(c2ccccc2)(c2cc3ccccc3o2)C1. The van der Waals surface area contributed by atoms with Gasteiger partial charge in [-0.05, 0) is 23.3 Å². The third kappa shape index (κ3) is 1.91. The molecule has 1 saturated heterocycles. The number of furan rings is 1. The molecule has 1 aromatic heterocycles. The van der Waals surface area contributed by atoms with Gasteiger partial charge in [0, 0.05) is 11.8 Å². The molecule has 1 aliphatic rings. The molecule has 2 heterocycles. The molecule has 3 aromatic rings. The number of para-hydroxylation sites is 1. The summed E-state index contributed by atoms with van der Waals surface area (Å²) in [7, 11) is 0. The van der Waals surface area contributed by atoms with Crippen LogP contribution < -0.4 is 0 Å². The van der Waals surface area contributed by atoms with Gasteiger partial charge in [0.25, 0.3) is 0 Å². The van der Waals surface area contributed by atoms with Crippen LogP contribution in [0.2, 0.25) is 0 Å². The maximum Gasteiger partial charge on any atom is 0.155 e. The summed E-state index contributed by atoms with van der Waals surface area (Å²) in [5, 5.41) is 1.10. The van der Waals surface area contributed by atoms with Gasteiger partial charge in [0.1, 0.15) is 11.3 Å². The second-order valence-corrected chi connectivity index (χ2v) is 5.56. The summed E-state index contributed by atoms with van der Waals surface area (Å²) < 4.78 is 12.3. The van der Waals surface area contributed by atoms with Crippen molar-refractivity contribution in [1.29, 1.82) is 0 Å². The lowest BCUT2D eigenvalue weighted by molar-refractivity contribution is 0.0201. The Morgan fingerprint density at radius 2 is 1.71 bits per heavy atom. The van der Waals surface area contributed by atoms with E-state index in [0.717, 1.165) is 34.3 Å². The molecule has 1 atom stereocenters. The standard InChI is InChI=1S/C19H16O2/c1-14-12-19(20-13-14,16-8-3-2-4-9-16)18-11-15-7-5-6-10-17(15)21-18/h2-11H,1,12-13H2. The molecule has 2 heteroatoms. The minimum atomic E-state index is -0.544. The first-order valence-corrected chi connectivity index (χ1v) is 7.13. The van der Waals surface area contributed by atoms with Crippen LogP contribution in [0.3, 0.4) is 0 Å². The van der Waals surface area contributed by atoms with Crippen LogP contribution in [0.25, 0.3) is 11.0 Å². The number of rotatable bonds is 2. The summed E-state index contributed by atoms with van der Waals surface area (Å²) in [5.41, 5.74) is 2.56. The van der Waals surface area contributed by atoms with Crippen molar-refractivity contribution in [3.05, 3.63) is 84.1 Å². The van der Waals surface area contributed by atoms with Crippen molar-refractivity contribution < 1.29 is 9.15 Å². The minimum Gasteiger partial charge on any atom is -0.458 e. The van der Waals surface area contributed by atoms with Crippen LogP contribution in [-0.2, 0) is 10.3 Å². The first-order chi connectivity index (χ1) is 10.3. The molecular formula is C19H16O2. The molecule has 1 aliphatic heterocycles.